The van der Waals surface area contributed by atoms with Crippen LogP contribution in [0.25, 0.3) is 0 Å². The number of aromatic nitrogens is 3. The van der Waals surface area contributed by atoms with Gasteiger partial charge in [-0.1, -0.05) is 0 Å². The van der Waals surface area contributed by atoms with Crippen molar-refractivity contribution in [3.8, 4) is 0 Å². The van der Waals surface area contributed by atoms with Gasteiger partial charge >= 0.3 is 6.18 Å². The molecule has 2 heterocycles. The van der Waals surface area contributed by atoms with Crippen LogP contribution in [0.2, 0.25) is 0 Å². The standard InChI is InChI=1S/C11H7F3N4O/c12-11(13,14)7-1-2-8(17-5-7)10(19)18-9-6-15-3-4-16-9/h1-6H,(H,16,18,19). The van der Waals surface area contributed by atoms with Crippen molar-refractivity contribution in [2.24, 2.45) is 0 Å². The van der Waals surface area contributed by atoms with E-state index in [0.717, 1.165) is 12.1 Å². The van der Waals surface area contributed by atoms with Crippen LogP contribution in [-0.2, 0) is 6.18 Å². The van der Waals surface area contributed by atoms with Crippen LogP contribution in [0.1, 0.15) is 16.1 Å². The van der Waals surface area contributed by atoms with Crippen LogP contribution in [0, 0.1) is 0 Å². The van der Waals surface area contributed by atoms with Crippen LogP contribution >= 0.6 is 0 Å². The van der Waals surface area contributed by atoms with Crippen molar-refractivity contribution in [1.82, 2.24) is 15.0 Å². The van der Waals surface area contributed by atoms with E-state index in [-0.39, 0.29) is 11.5 Å². The summed E-state index contributed by atoms with van der Waals surface area (Å²) in [6, 6.07) is 1.78. The number of hydrogen-bond acceptors (Lipinski definition) is 4. The first-order valence-corrected chi connectivity index (χ1v) is 5.07. The highest BCUT2D eigenvalue weighted by Crippen LogP contribution is 2.28. The first kappa shape index (κ1) is 12.9. The van der Waals surface area contributed by atoms with Gasteiger partial charge in [0.05, 0.1) is 11.8 Å². The average Bonchev–Trinajstić information content (AvgIpc) is 2.39. The van der Waals surface area contributed by atoms with Gasteiger partial charge in [-0.05, 0) is 12.1 Å². The number of carbonyl (C=O) groups is 1. The van der Waals surface area contributed by atoms with Crippen LogP contribution in [0.4, 0.5) is 19.0 Å². The minimum Gasteiger partial charge on any atom is -0.304 e. The van der Waals surface area contributed by atoms with Crippen molar-refractivity contribution < 1.29 is 18.0 Å². The molecule has 0 saturated heterocycles. The molecule has 0 fully saturated rings. The number of nitrogens with one attached hydrogen (secondary N) is 1. The van der Waals surface area contributed by atoms with Gasteiger partial charge < -0.3 is 5.32 Å². The summed E-state index contributed by atoms with van der Waals surface area (Å²) >= 11 is 0. The Balaban J connectivity index is 2.12. The van der Waals surface area contributed by atoms with Gasteiger partial charge in [0, 0.05) is 18.6 Å². The summed E-state index contributed by atoms with van der Waals surface area (Å²) in [5.74, 6) is -0.469. The Morgan fingerprint density at radius 1 is 1.11 bits per heavy atom. The zero-order chi connectivity index (χ0) is 13.9. The fraction of sp³-hybridized carbons (Fsp3) is 0.0909. The summed E-state index contributed by atoms with van der Waals surface area (Å²) in [6.07, 6.45) is 0.225. The molecule has 0 spiro atoms. The second-order valence-electron chi connectivity index (χ2n) is 3.47. The van der Waals surface area contributed by atoms with E-state index in [1.54, 1.807) is 0 Å². The smallest absolute Gasteiger partial charge is 0.304 e. The predicted octanol–water partition coefficient (Wildman–Crippen LogP) is 2.14. The van der Waals surface area contributed by atoms with Crippen LogP contribution in [0.3, 0.4) is 0 Å². The van der Waals surface area contributed by atoms with Crippen LogP contribution in [0.5, 0.6) is 0 Å². The van der Waals surface area contributed by atoms with E-state index in [9.17, 15) is 18.0 Å². The lowest BCUT2D eigenvalue weighted by molar-refractivity contribution is -0.137. The molecule has 0 bridgehead atoms. The highest BCUT2D eigenvalue weighted by atomic mass is 19.4. The van der Waals surface area contributed by atoms with E-state index in [2.05, 4.69) is 20.3 Å². The molecular weight excluding hydrogens is 261 g/mol. The molecule has 5 nitrogen and oxygen atoms in total. The van der Waals surface area contributed by atoms with Crippen LogP contribution in [-0.4, -0.2) is 20.9 Å². The molecule has 8 heteroatoms. The van der Waals surface area contributed by atoms with E-state index in [0.29, 0.717) is 6.20 Å². The molecule has 0 aliphatic heterocycles. The highest BCUT2D eigenvalue weighted by molar-refractivity contribution is 6.02. The fourth-order valence-corrected chi connectivity index (χ4v) is 1.24. The number of alkyl halides is 3. The second kappa shape index (κ2) is 5.01. The maximum absolute atomic E-state index is 12.3. The monoisotopic (exact) mass is 268 g/mol. The second-order valence-corrected chi connectivity index (χ2v) is 3.47. The quantitative estimate of drug-likeness (QED) is 0.906. The van der Waals surface area contributed by atoms with E-state index < -0.39 is 17.6 Å². The molecule has 0 saturated carbocycles. The molecule has 98 valence electrons. The minimum atomic E-state index is -4.48. The maximum Gasteiger partial charge on any atom is 0.417 e. The number of hydrogen-bond donors (Lipinski definition) is 1. The van der Waals surface area contributed by atoms with E-state index in [4.69, 9.17) is 0 Å². The van der Waals surface area contributed by atoms with E-state index in [1.807, 2.05) is 0 Å². The number of carbonyl (C=O) groups excluding carboxylic acids is 1. The molecule has 2 aromatic rings. The van der Waals surface area contributed by atoms with E-state index >= 15 is 0 Å². The first-order chi connectivity index (χ1) is 8.97. The van der Waals surface area contributed by atoms with Crippen molar-refractivity contribution in [3.63, 3.8) is 0 Å². The van der Waals surface area contributed by atoms with Crippen LogP contribution < -0.4 is 5.32 Å². The normalized spacial score (nSPS) is 11.1. The number of amides is 1. The van der Waals surface area contributed by atoms with Crippen LogP contribution in [0.15, 0.2) is 36.9 Å². The third-order valence-corrected chi connectivity index (χ3v) is 2.13. The van der Waals surface area contributed by atoms with Gasteiger partial charge in [0.25, 0.3) is 5.91 Å². The lowest BCUT2D eigenvalue weighted by Crippen LogP contribution is -2.15. The Morgan fingerprint density at radius 3 is 2.42 bits per heavy atom. The van der Waals surface area contributed by atoms with Gasteiger partial charge in [-0.15, -0.1) is 0 Å². The Labute approximate surface area is 105 Å². The summed E-state index contributed by atoms with van der Waals surface area (Å²) in [5.41, 5.74) is -1.05. The number of anilines is 1. The summed E-state index contributed by atoms with van der Waals surface area (Å²) in [5, 5.41) is 2.36. The minimum absolute atomic E-state index is 0.140. The zero-order valence-corrected chi connectivity index (χ0v) is 9.35. The Hall–Kier alpha value is -2.51. The summed E-state index contributed by atoms with van der Waals surface area (Å²) in [4.78, 5) is 22.6. The van der Waals surface area contributed by atoms with E-state index in [1.165, 1.54) is 18.6 Å². The molecule has 0 aromatic carbocycles. The van der Waals surface area contributed by atoms with Gasteiger partial charge in [-0.2, -0.15) is 13.2 Å². The molecule has 0 atom stereocenters. The van der Waals surface area contributed by atoms with Crippen molar-refractivity contribution >= 4 is 11.7 Å². The van der Waals surface area contributed by atoms with Crippen molar-refractivity contribution in [2.45, 2.75) is 6.18 Å². The van der Waals surface area contributed by atoms with Gasteiger partial charge in [0.15, 0.2) is 5.82 Å². The Morgan fingerprint density at radius 2 is 1.89 bits per heavy atom. The molecule has 0 aliphatic carbocycles. The third kappa shape index (κ3) is 3.24. The topological polar surface area (TPSA) is 67.8 Å². The van der Waals surface area contributed by atoms with Crippen molar-refractivity contribution in [1.29, 1.82) is 0 Å². The third-order valence-electron chi connectivity index (χ3n) is 2.13. The lowest BCUT2D eigenvalue weighted by Gasteiger charge is -2.07. The zero-order valence-electron chi connectivity index (χ0n) is 9.35. The number of rotatable bonds is 2. The SMILES string of the molecule is O=C(Nc1cnccn1)c1ccc(C(F)(F)F)cn1. The number of halogens is 3. The van der Waals surface area contributed by atoms with Gasteiger partial charge in [-0.3, -0.25) is 14.8 Å². The fourth-order valence-electron chi connectivity index (χ4n) is 1.24. The highest BCUT2D eigenvalue weighted by Gasteiger charge is 2.30. The molecule has 0 unspecified atom stereocenters. The first-order valence-electron chi connectivity index (χ1n) is 5.07. The molecular formula is C11H7F3N4O. The van der Waals surface area contributed by atoms with Gasteiger partial charge in [0.2, 0.25) is 0 Å². The maximum atomic E-state index is 12.3. The molecule has 1 amide bonds. The van der Waals surface area contributed by atoms with Gasteiger partial charge in [-0.25, -0.2) is 4.98 Å². The summed E-state index contributed by atoms with van der Waals surface area (Å²) < 4.78 is 36.9. The Bertz CT molecular complexity index is 569. The summed E-state index contributed by atoms with van der Waals surface area (Å²) in [6.45, 7) is 0. The molecule has 19 heavy (non-hydrogen) atoms. The number of nitrogens with zero attached hydrogens (tertiary/aromatic N) is 3. The lowest BCUT2D eigenvalue weighted by atomic mass is 10.2. The molecule has 1 N–H and O–H groups in total. The molecule has 0 aliphatic rings. The van der Waals surface area contributed by atoms with Crippen molar-refractivity contribution in [2.75, 3.05) is 5.32 Å². The molecule has 2 rings (SSSR count). The molecule has 2 aromatic heterocycles. The predicted molar refractivity (Wildman–Crippen MR) is 59.2 cm³/mol. The molecule has 0 radical (unpaired) electrons. The largest absolute Gasteiger partial charge is 0.417 e. The summed E-state index contributed by atoms with van der Waals surface area (Å²) in [7, 11) is 0. The Kier molecular flexibility index (Phi) is 3.41. The van der Waals surface area contributed by atoms with Gasteiger partial charge in [0.1, 0.15) is 5.69 Å². The van der Waals surface area contributed by atoms with Crippen molar-refractivity contribution in [3.05, 3.63) is 48.2 Å². The average molecular weight is 268 g/mol. The number of pyridine rings is 1.